The molecule has 0 aromatic heterocycles. The van der Waals surface area contributed by atoms with Gasteiger partial charge in [-0.25, -0.2) is 0 Å². The Morgan fingerprint density at radius 3 is 2.46 bits per heavy atom. The summed E-state index contributed by atoms with van der Waals surface area (Å²) in [6.07, 6.45) is 4.48. The highest BCUT2D eigenvalue weighted by molar-refractivity contribution is 5.12. The second kappa shape index (κ2) is 3.54. The Bertz CT molecular complexity index is 214. The topological polar surface area (TPSA) is 6.48 Å². The number of hydrogen-bond acceptors (Lipinski definition) is 2. The van der Waals surface area contributed by atoms with Crippen molar-refractivity contribution >= 4 is 0 Å². The maximum Gasteiger partial charge on any atom is 0.0314 e. The minimum Gasteiger partial charge on any atom is -0.368 e. The van der Waals surface area contributed by atoms with E-state index in [0.29, 0.717) is 0 Å². The molecule has 3 saturated heterocycles. The van der Waals surface area contributed by atoms with Gasteiger partial charge < -0.3 is 9.80 Å². The van der Waals surface area contributed by atoms with Gasteiger partial charge in [0.05, 0.1) is 0 Å². The fraction of sp³-hybridized carbons (Fsp3) is 0.636. The Labute approximate surface area is 80.5 Å². The normalized spacial score (nSPS) is 32.8. The monoisotopic (exact) mass is 178 g/mol. The van der Waals surface area contributed by atoms with Crippen LogP contribution in [0.1, 0.15) is 12.8 Å². The quantitative estimate of drug-likeness (QED) is 0.591. The van der Waals surface area contributed by atoms with Crippen molar-refractivity contribution in [2.24, 2.45) is 0 Å². The highest BCUT2D eigenvalue weighted by Gasteiger charge is 2.28. The first kappa shape index (κ1) is 8.82. The van der Waals surface area contributed by atoms with Crippen molar-refractivity contribution in [2.75, 3.05) is 26.2 Å². The van der Waals surface area contributed by atoms with Crippen molar-refractivity contribution < 1.29 is 0 Å². The van der Waals surface area contributed by atoms with Crippen molar-refractivity contribution in [3.63, 3.8) is 0 Å². The van der Waals surface area contributed by atoms with Crippen molar-refractivity contribution in [2.45, 2.75) is 18.9 Å². The van der Waals surface area contributed by atoms with Crippen molar-refractivity contribution in [3.05, 3.63) is 24.9 Å². The Morgan fingerprint density at radius 2 is 1.85 bits per heavy atom. The highest BCUT2D eigenvalue weighted by atomic mass is 15.3. The van der Waals surface area contributed by atoms with E-state index < -0.39 is 0 Å². The van der Waals surface area contributed by atoms with Gasteiger partial charge in [-0.3, -0.25) is 0 Å². The first-order valence-corrected chi connectivity index (χ1v) is 5.11. The Kier molecular flexibility index (Phi) is 2.40. The van der Waals surface area contributed by atoms with E-state index in [4.69, 9.17) is 0 Å². The number of rotatable bonds is 2. The molecule has 0 aromatic carbocycles. The third-order valence-electron chi connectivity index (χ3n) is 3.26. The first-order chi connectivity index (χ1) is 6.31. The van der Waals surface area contributed by atoms with Gasteiger partial charge in [-0.05, 0) is 18.9 Å². The van der Waals surface area contributed by atoms with E-state index in [9.17, 15) is 0 Å². The van der Waals surface area contributed by atoms with Gasteiger partial charge in [-0.1, -0.05) is 13.2 Å². The number of fused-ring (bicyclic) bond motifs is 4. The van der Waals surface area contributed by atoms with Gasteiger partial charge >= 0.3 is 0 Å². The summed E-state index contributed by atoms with van der Waals surface area (Å²) in [5.41, 5.74) is 1.11. The van der Waals surface area contributed by atoms with E-state index in [1.165, 1.54) is 32.5 Å². The van der Waals surface area contributed by atoms with Crippen LogP contribution in [0.3, 0.4) is 0 Å². The number of piperidine rings is 1. The summed E-state index contributed by atoms with van der Waals surface area (Å²) >= 11 is 0. The summed E-state index contributed by atoms with van der Waals surface area (Å²) in [5, 5.41) is 0. The molecular formula is C11H18N2. The first-order valence-electron chi connectivity index (χ1n) is 5.11. The third kappa shape index (κ3) is 1.63. The molecule has 3 fully saturated rings. The van der Waals surface area contributed by atoms with Crippen LogP contribution < -0.4 is 0 Å². The molecule has 2 bridgehead atoms. The summed E-state index contributed by atoms with van der Waals surface area (Å²) in [5.74, 6) is 0. The van der Waals surface area contributed by atoms with Gasteiger partial charge in [0, 0.05) is 37.9 Å². The molecule has 3 aliphatic rings. The summed E-state index contributed by atoms with van der Waals surface area (Å²) < 4.78 is 0. The highest BCUT2D eigenvalue weighted by Crippen LogP contribution is 2.23. The summed E-state index contributed by atoms with van der Waals surface area (Å²) in [6, 6.07) is 0.726. The molecule has 0 aliphatic carbocycles. The van der Waals surface area contributed by atoms with Crippen LogP contribution >= 0.6 is 0 Å². The SMILES string of the molecule is C=CC(=C)N1CCN2CCC1CC2. The molecule has 0 unspecified atom stereocenters. The van der Waals surface area contributed by atoms with Gasteiger partial charge in [0.1, 0.15) is 0 Å². The maximum atomic E-state index is 4.04. The molecule has 0 saturated carbocycles. The lowest BCUT2D eigenvalue weighted by Crippen LogP contribution is -2.36. The van der Waals surface area contributed by atoms with Crippen LogP contribution in [-0.2, 0) is 0 Å². The molecule has 2 heteroatoms. The van der Waals surface area contributed by atoms with Gasteiger partial charge in [0.15, 0.2) is 0 Å². The lowest BCUT2D eigenvalue weighted by molar-refractivity contribution is 0.216. The molecule has 0 atom stereocenters. The minimum absolute atomic E-state index is 0.726. The summed E-state index contributed by atoms with van der Waals surface area (Å²) in [7, 11) is 0. The van der Waals surface area contributed by atoms with Crippen molar-refractivity contribution in [3.8, 4) is 0 Å². The number of hydrogen-bond donors (Lipinski definition) is 0. The molecule has 0 spiro atoms. The predicted octanol–water partition coefficient (Wildman–Crippen LogP) is 1.47. The zero-order valence-electron chi connectivity index (χ0n) is 8.21. The second-order valence-corrected chi connectivity index (χ2v) is 3.96. The zero-order chi connectivity index (χ0) is 9.26. The van der Waals surface area contributed by atoms with Crippen LogP contribution in [0.5, 0.6) is 0 Å². The van der Waals surface area contributed by atoms with Crippen LogP contribution in [0.15, 0.2) is 24.9 Å². The minimum atomic E-state index is 0.726. The molecule has 0 radical (unpaired) electrons. The fourth-order valence-corrected chi connectivity index (χ4v) is 2.38. The van der Waals surface area contributed by atoms with Crippen LogP contribution in [0.2, 0.25) is 0 Å². The Hall–Kier alpha value is -0.760. The molecule has 13 heavy (non-hydrogen) atoms. The molecule has 3 aliphatic heterocycles. The molecular weight excluding hydrogens is 160 g/mol. The van der Waals surface area contributed by atoms with E-state index in [-0.39, 0.29) is 0 Å². The number of allylic oxidation sites excluding steroid dienone is 1. The van der Waals surface area contributed by atoms with E-state index in [1.807, 2.05) is 6.08 Å². The van der Waals surface area contributed by atoms with Gasteiger partial charge in [-0.2, -0.15) is 0 Å². The van der Waals surface area contributed by atoms with Crippen LogP contribution in [0.4, 0.5) is 0 Å². The van der Waals surface area contributed by atoms with E-state index in [1.54, 1.807) is 0 Å². The zero-order valence-corrected chi connectivity index (χ0v) is 8.21. The molecule has 2 nitrogen and oxygen atoms in total. The van der Waals surface area contributed by atoms with Crippen LogP contribution in [0.25, 0.3) is 0 Å². The average Bonchev–Trinajstić information content (AvgIpc) is 2.49. The maximum absolute atomic E-state index is 4.04. The second-order valence-electron chi connectivity index (χ2n) is 3.96. The molecule has 0 aromatic rings. The fourth-order valence-electron chi connectivity index (χ4n) is 2.38. The molecule has 3 rings (SSSR count). The van der Waals surface area contributed by atoms with E-state index in [0.717, 1.165) is 18.3 Å². The Morgan fingerprint density at radius 1 is 1.15 bits per heavy atom. The molecule has 0 N–H and O–H groups in total. The van der Waals surface area contributed by atoms with Crippen molar-refractivity contribution in [1.29, 1.82) is 0 Å². The lowest BCUT2D eigenvalue weighted by atomic mass is 10.0. The molecule has 3 heterocycles. The van der Waals surface area contributed by atoms with Crippen LogP contribution in [0, 0.1) is 0 Å². The molecule has 0 amide bonds. The standard InChI is InChI=1S/C11H18N2/c1-3-10(2)13-9-8-12-6-4-11(13)5-7-12/h3,11H,1-2,4-9H2. The predicted molar refractivity (Wildman–Crippen MR) is 55.5 cm³/mol. The van der Waals surface area contributed by atoms with Crippen LogP contribution in [-0.4, -0.2) is 42.0 Å². The average molecular weight is 178 g/mol. The largest absolute Gasteiger partial charge is 0.368 e. The van der Waals surface area contributed by atoms with Gasteiger partial charge in [0.25, 0.3) is 0 Å². The van der Waals surface area contributed by atoms with E-state index in [2.05, 4.69) is 23.0 Å². The van der Waals surface area contributed by atoms with Gasteiger partial charge in [-0.15, -0.1) is 0 Å². The molecule has 72 valence electrons. The Balaban J connectivity index is 2.10. The van der Waals surface area contributed by atoms with Crippen molar-refractivity contribution in [1.82, 2.24) is 9.80 Å². The smallest absolute Gasteiger partial charge is 0.0314 e. The third-order valence-corrected chi connectivity index (χ3v) is 3.26. The summed E-state index contributed by atoms with van der Waals surface area (Å²) in [6.45, 7) is 12.7. The summed E-state index contributed by atoms with van der Waals surface area (Å²) in [4.78, 5) is 4.98. The lowest BCUT2D eigenvalue weighted by Gasteiger charge is -2.33. The van der Waals surface area contributed by atoms with Gasteiger partial charge in [0.2, 0.25) is 0 Å². The number of nitrogens with zero attached hydrogens (tertiary/aromatic N) is 2. The van der Waals surface area contributed by atoms with E-state index >= 15 is 0 Å².